The number of carbonyl (C=O) groups is 1. The molecule has 3 aromatic rings. The summed E-state index contributed by atoms with van der Waals surface area (Å²) in [6, 6.07) is 25.5. The molecule has 2 aliphatic rings. The third kappa shape index (κ3) is 4.28. The van der Waals surface area contributed by atoms with Crippen molar-refractivity contribution in [3.63, 3.8) is 0 Å². The van der Waals surface area contributed by atoms with Crippen molar-refractivity contribution in [2.45, 2.75) is 11.3 Å². The van der Waals surface area contributed by atoms with Gasteiger partial charge < -0.3 is 9.64 Å². The molecule has 2 saturated heterocycles. The van der Waals surface area contributed by atoms with Gasteiger partial charge in [-0.2, -0.15) is 4.99 Å². The van der Waals surface area contributed by atoms with Crippen molar-refractivity contribution >= 4 is 38.4 Å². The lowest BCUT2D eigenvalue weighted by molar-refractivity contribution is 0.100. The van der Waals surface area contributed by atoms with Crippen LogP contribution in [0.5, 0.6) is 11.5 Å². The number of para-hydroxylation sites is 1. The second kappa shape index (κ2) is 8.44. The molecule has 2 aliphatic heterocycles. The first-order valence-corrected chi connectivity index (χ1v) is 12.9. The van der Waals surface area contributed by atoms with E-state index in [9.17, 15) is 13.2 Å². The van der Waals surface area contributed by atoms with Crippen LogP contribution in [0.3, 0.4) is 0 Å². The largest absolute Gasteiger partial charge is 0.457 e. The predicted octanol–water partition coefficient (Wildman–Crippen LogP) is 4.39. The highest BCUT2D eigenvalue weighted by atomic mass is 32.2. The van der Waals surface area contributed by atoms with Crippen molar-refractivity contribution in [1.29, 1.82) is 0 Å². The van der Waals surface area contributed by atoms with Crippen LogP contribution in [-0.2, 0) is 9.84 Å². The average Bonchev–Trinajstić information content (AvgIpc) is 3.26. The van der Waals surface area contributed by atoms with E-state index in [1.54, 1.807) is 24.3 Å². The van der Waals surface area contributed by atoms with Gasteiger partial charge in [-0.15, -0.1) is 0 Å². The Kier molecular flexibility index (Phi) is 5.48. The zero-order valence-electron chi connectivity index (χ0n) is 17.0. The molecule has 0 aromatic heterocycles. The number of aliphatic imine (C=N–C) groups is 1. The van der Waals surface area contributed by atoms with Crippen LogP contribution >= 0.6 is 11.8 Å². The maximum atomic E-state index is 12.7. The van der Waals surface area contributed by atoms with Crippen LogP contribution in [0.1, 0.15) is 10.4 Å². The lowest BCUT2D eigenvalue weighted by Crippen LogP contribution is -2.37. The van der Waals surface area contributed by atoms with Crippen LogP contribution in [0.25, 0.3) is 0 Å². The first kappa shape index (κ1) is 20.8. The van der Waals surface area contributed by atoms with Gasteiger partial charge in [0.15, 0.2) is 15.0 Å². The van der Waals surface area contributed by atoms with Gasteiger partial charge >= 0.3 is 0 Å². The van der Waals surface area contributed by atoms with Crippen LogP contribution in [-0.4, -0.2) is 42.3 Å². The first-order chi connectivity index (χ1) is 15.5. The molecule has 6 nitrogen and oxygen atoms in total. The maximum absolute atomic E-state index is 12.7. The second-order valence-electron chi connectivity index (χ2n) is 7.65. The molecule has 1 amide bonds. The molecule has 2 atom stereocenters. The molecule has 2 heterocycles. The Morgan fingerprint density at radius 3 is 2.19 bits per heavy atom. The fraction of sp³-hybridized carbons (Fsp3) is 0.167. The molecular weight excluding hydrogens is 444 g/mol. The Morgan fingerprint density at radius 1 is 0.875 bits per heavy atom. The highest BCUT2D eigenvalue weighted by Crippen LogP contribution is 2.41. The minimum Gasteiger partial charge on any atom is -0.457 e. The predicted molar refractivity (Wildman–Crippen MR) is 127 cm³/mol. The SMILES string of the molecule is O=C(N=C1SC2CS(=O)(=O)CC2N1c1ccc(Oc2ccccc2)cc1)c1ccccc1. The smallest absolute Gasteiger partial charge is 0.279 e. The number of benzene rings is 3. The third-order valence-corrected chi connectivity index (χ3v) is 8.59. The molecule has 0 spiro atoms. The molecule has 0 radical (unpaired) electrons. The van der Waals surface area contributed by atoms with Crippen LogP contribution in [0.15, 0.2) is 89.9 Å². The summed E-state index contributed by atoms with van der Waals surface area (Å²) in [5.74, 6) is 1.19. The van der Waals surface area contributed by atoms with E-state index in [0.29, 0.717) is 16.5 Å². The highest BCUT2D eigenvalue weighted by molar-refractivity contribution is 8.16. The van der Waals surface area contributed by atoms with E-state index in [-0.39, 0.29) is 28.7 Å². The molecule has 0 aliphatic carbocycles. The van der Waals surface area contributed by atoms with Crippen molar-refractivity contribution in [2.24, 2.45) is 4.99 Å². The number of carbonyl (C=O) groups excluding carboxylic acids is 1. The quantitative estimate of drug-likeness (QED) is 0.570. The van der Waals surface area contributed by atoms with Crippen molar-refractivity contribution in [3.8, 4) is 11.5 Å². The molecule has 162 valence electrons. The minimum absolute atomic E-state index is 0.0471. The van der Waals surface area contributed by atoms with Crippen LogP contribution in [0, 0.1) is 0 Å². The Morgan fingerprint density at radius 2 is 1.50 bits per heavy atom. The van der Waals surface area contributed by atoms with Crippen molar-refractivity contribution in [3.05, 3.63) is 90.5 Å². The summed E-state index contributed by atoms with van der Waals surface area (Å²) in [5.41, 5.74) is 1.28. The summed E-state index contributed by atoms with van der Waals surface area (Å²) in [5, 5.41) is 0.378. The fourth-order valence-electron chi connectivity index (χ4n) is 3.90. The minimum atomic E-state index is -3.13. The molecule has 32 heavy (non-hydrogen) atoms. The number of hydrogen-bond donors (Lipinski definition) is 0. The zero-order chi connectivity index (χ0) is 22.1. The van der Waals surface area contributed by atoms with Crippen molar-refractivity contribution < 1.29 is 17.9 Å². The molecule has 0 bridgehead atoms. The molecular formula is C24H20N2O4S2. The van der Waals surface area contributed by atoms with Gasteiger partial charge in [-0.25, -0.2) is 8.42 Å². The van der Waals surface area contributed by atoms with Gasteiger partial charge in [-0.05, 0) is 48.5 Å². The van der Waals surface area contributed by atoms with E-state index in [1.807, 2.05) is 65.6 Å². The number of rotatable bonds is 4. The topological polar surface area (TPSA) is 76.0 Å². The Hall–Kier alpha value is -3.10. The normalized spacial score (nSPS) is 22.6. The second-order valence-corrected chi connectivity index (χ2v) is 11.0. The molecule has 8 heteroatoms. The Labute approximate surface area is 190 Å². The molecule has 0 saturated carbocycles. The lowest BCUT2D eigenvalue weighted by Gasteiger charge is -2.24. The number of ether oxygens (including phenoxy) is 1. The van der Waals surface area contributed by atoms with Crippen molar-refractivity contribution in [2.75, 3.05) is 16.4 Å². The number of sulfone groups is 1. The summed E-state index contributed by atoms with van der Waals surface area (Å²) < 4.78 is 30.4. The standard InChI is InChI=1S/C24H20N2O4S2/c27-23(17-7-3-1-4-8-17)25-24-26(21-15-32(28,29)16-22(21)31-24)18-11-13-20(14-12-18)30-19-9-5-2-6-10-19/h1-14,21-22H,15-16H2. The van der Waals surface area contributed by atoms with E-state index < -0.39 is 9.84 Å². The number of fused-ring (bicyclic) bond motifs is 1. The third-order valence-electron chi connectivity index (χ3n) is 5.38. The average molecular weight is 465 g/mol. The summed E-state index contributed by atoms with van der Waals surface area (Å²) in [6.45, 7) is 0. The lowest BCUT2D eigenvalue weighted by atomic mass is 10.2. The Balaban J connectivity index is 1.45. The van der Waals surface area contributed by atoms with Crippen molar-refractivity contribution in [1.82, 2.24) is 0 Å². The monoisotopic (exact) mass is 464 g/mol. The summed E-state index contributed by atoms with van der Waals surface area (Å²) in [7, 11) is -3.13. The molecule has 3 aromatic carbocycles. The van der Waals surface area contributed by atoms with E-state index in [4.69, 9.17) is 4.74 Å². The molecule has 2 unspecified atom stereocenters. The summed E-state index contributed by atoms with van der Waals surface area (Å²) in [6.07, 6.45) is 0. The van der Waals surface area contributed by atoms with E-state index in [0.717, 1.165) is 11.4 Å². The number of anilines is 1. The zero-order valence-corrected chi connectivity index (χ0v) is 18.6. The summed E-state index contributed by atoms with van der Waals surface area (Å²) in [4.78, 5) is 19.0. The van der Waals surface area contributed by atoms with Gasteiger partial charge in [-0.3, -0.25) is 4.79 Å². The van der Waals surface area contributed by atoms with Crippen LogP contribution in [0.2, 0.25) is 0 Å². The van der Waals surface area contributed by atoms with E-state index in [1.165, 1.54) is 11.8 Å². The van der Waals surface area contributed by atoms with E-state index in [2.05, 4.69) is 4.99 Å². The van der Waals surface area contributed by atoms with Gasteiger partial charge in [0.25, 0.3) is 5.91 Å². The Bertz CT molecular complexity index is 1260. The highest BCUT2D eigenvalue weighted by Gasteiger charge is 2.49. The number of hydrogen-bond acceptors (Lipinski definition) is 5. The molecule has 2 fully saturated rings. The number of nitrogens with zero attached hydrogens (tertiary/aromatic N) is 2. The van der Waals surface area contributed by atoms with Gasteiger partial charge in [0.1, 0.15) is 11.5 Å². The van der Waals surface area contributed by atoms with Gasteiger partial charge in [0, 0.05) is 16.5 Å². The maximum Gasteiger partial charge on any atom is 0.279 e. The van der Waals surface area contributed by atoms with Gasteiger partial charge in [0.05, 0.1) is 17.5 Å². The number of amides is 1. The van der Waals surface area contributed by atoms with Crippen LogP contribution < -0.4 is 9.64 Å². The number of thioether (sulfide) groups is 1. The van der Waals surface area contributed by atoms with Crippen LogP contribution in [0.4, 0.5) is 5.69 Å². The summed E-state index contributed by atoms with van der Waals surface area (Å²) >= 11 is 1.36. The number of amidine groups is 1. The van der Waals surface area contributed by atoms with E-state index >= 15 is 0 Å². The fourth-order valence-corrected chi connectivity index (χ4v) is 7.81. The molecule has 5 rings (SSSR count). The van der Waals surface area contributed by atoms with Gasteiger partial charge in [0.2, 0.25) is 0 Å². The van der Waals surface area contributed by atoms with Gasteiger partial charge in [-0.1, -0.05) is 48.2 Å². The first-order valence-electron chi connectivity index (χ1n) is 10.2. The molecule has 0 N–H and O–H groups in total.